The highest BCUT2D eigenvalue weighted by Gasteiger charge is 2.01. The maximum Gasteiger partial charge on any atom is 0.225 e. The van der Waals surface area contributed by atoms with E-state index < -0.39 is 0 Å². The molecule has 0 bridgehead atoms. The molecule has 7 nitrogen and oxygen atoms in total. The van der Waals surface area contributed by atoms with Gasteiger partial charge in [0.15, 0.2) is 5.82 Å². The molecule has 2 aromatic heterocycles. The van der Waals surface area contributed by atoms with Crippen LogP contribution < -0.4 is 10.1 Å². The lowest BCUT2D eigenvalue weighted by atomic mass is 10.4. The normalized spacial score (nSPS) is 10.2. The highest BCUT2D eigenvalue weighted by atomic mass is 16.5. The number of hydrogen-bond acceptors (Lipinski definition) is 6. The molecule has 17 heavy (non-hydrogen) atoms. The SMILES string of the molecule is COc1ccnc(NCCc2ncn(C)n2)n1. The van der Waals surface area contributed by atoms with Gasteiger partial charge in [-0.3, -0.25) is 4.68 Å². The molecule has 2 rings (SSSR count). The quantitative estimate of drug-likeness (QED) is 0.800. The van der Waals surface area contributed by atoms with Gasteiger partial charge in [-0.05, 0) is 0 Å². The lowest BCUT2D eigenvalue weighted by Gasteiger charge is -2.04. The summed E-state index contributed by atoms with van der Waals surface area (Å²) in [6, 6.07) is 1.70. The van der Waals surface area contributed by atoms with Crippen molar-refractivity contribution in [2.45, 2.75) is 6.42 Å². The Labute approximate surface area is 98.9 Å². The summed E-state index contributed by atoms with van der Waals surface area (Å²) in [6.45, 7) is 0.678. The largest absolute Gasteiger partial charge is 0.481 e. The Morgan fingerprint density at radius 3 is 3.00 bits per heavy atom. The average Bonchev–Trinajstić information content (AvgIpc) is 2.75. The molecule has 0 spiro atoms. The van der Waals surface area contributed by atoms with Crippen molar-refractivity contribution in [2.75, 3.05) is 19.0 Å². The third-order valence-corrected chi connectivity index (χ3v) is 2.12. The van der Waals surface area contributed by atoms with Gasteiger partial charge in [0, 0.05) is 32.3 Å². The monoisotopic (exact) mass is 234 g/mol. The van der Waals surface area contributed by atoms with Crippen LogP contribution in [0.5, 0.6) is 5.88 Å². The van der Waals surface area contributed by atoms with Gasteiger partial charge in [-0.1, -0.05) is 0 Å². The molecule has 0 aliphatic carbocycles. The topological polar surface area (TPSA) is 77.8 Å². The van der Waals surface area contributed by atoms with E-state index >= 15 is 0 Å². The number of hydrogen-bond donors (Lipinski definition) is 1. The van der Waals surface area contributed by atoms with Crippen molar-refractivity contribution in [3.8, 4) is 5.88 Å². The Bertz CT molecular complexity index is 483. The fourth-order valence-electron chi connectivity index (χ4n) is 1.33. The number of anilines is 1. The first-order valence-corrected chi connectivity index (χ1v) is 5.23. The number of methoxy groups -OCH3 is 1. The molecule has 7 heteroatoms. The van der Waals surface area contributed by atoms with E-state index in [1.165, 1.54) is 0 Å². The second kappa shape index (κ2) is 5.24. The van der Waals surface area contributed by atoms with Crippen molar-refractivity contribution in [3.05, 3.63) is 24.4 Å². The molecule has 0 amide bonds. The van der Waals surface area contributed by atoms with Gasteiger partial charge in [-0.15, -0.1) is 0 Å². The summed E-state index contributed by atoms with van der Waals surface area (Å²) in [5.41, 5.74) is 0. The summed E-state index contributed by atoms with van der Waals surface area (Å²) in [6.07, 6.45) is 4.05. The lowest BCUT2D eigenvalue weighted by Crippen LogP contribution is -2.09. The van der Waals surface area contributed by atoms with Crippen LogP contribution in [-0.2, 0) is 13.5 Å². The molecule has 2 heterocycles. The lowest BCUT2D eigenvalue weighted by molar-refractivity contribution is 0.397. The second-order valence-electron chi connectivity index (χ2n) is 3.43. The fraction of sp³-hybridized carbons (Fsp3) is 0.400. The molecule has 0 fully saturated rings. The van der Waals surface area contributed by atoms with Gasteiger partial charge in [0.25, 0.3) is 0 Å². The molecule has 0 unspecified atom stereocenters. The predicted molar refractivity (Wildman–Crippen MR) is 61.8 cm³/mol. The van der Waals surface area contributed by atoms with Crippen LogP contribution in [0, 0.1) is 0 Å². The van der Waals surface area contributed by atoms with Crippen LogP contribution in [0.2, 0.25) is 0 Å². The van der Waals surface area contributed by atoms with E-state index in [1.807, 2.05) is 7.05 Å². The fourth-order valence-corrected chi connectivity index (χ4v) is 1.33. The van der Waals surface area contributed by atoms with Crippen LogP contribution in [0.15, 0.2) is 18.6 Å². The molecule has 0 aromatic carbocycles. The van der Waals surface area contributed by atoms with Gasteiger partial charge in [0.2, 0.25) is 11.8 Å². The molecule has 90 valence electrons. The van der Waals surface area contributed by atoms with Crippen molar-refractivity contribution in [1.29, 1.82) is 0 Å². The number of nitrogens with zero attached hydrogens (tertiary/aromatic N) is 5. The van der Waals surface area contributed by atoms with Gasteiger partial charge in [0.1, 0.15) is 6.33 Å². The highest BCUT2D eigenvalue weighted by Crippen LogP contribution is 2.06. The minimum atomic E-state index is 0.540. The van der Waals surface area contributed by atoms with Crippen molar-refractivity contribution in [2.24, 2.45) is 7.05 Å². The van der Waals surface area contributed by atoms with E-state index in [2.05, 4.69) is 25.4 Å². The van der Waals surface area contributed by atoms with Crippen LogP contribution in [0.1, 0.15) is 5.82 Å². The Morgan fingerprint density at radius 2 is 2.29 bits per heavy atom. The van der Waals surface area contributed by atoms with Crippen molar-refractivity contribution >= 4 is 5.95 Å². The Balaban J connectivity index is 1.85. The molecule has 0 atom stereocenters. The first-order valence-electron chi connectivity index (χ1n) is 5.23. The maximum absolute atomic E-state index is 5.00. The Kier molecular flexibility index (Phi) is 3.49. The summed E-state index contributed by atoms with van der Waals surface area (Å²) < 4.78 is 6.68. The zero-order valence-electron chi connectivity index (χ0n) is 9.79. The van der Waals surface area contributed by atoms with Crippen molar-refractivity contribution in [3.63, 3.8) is 0 Å². The maximum atomic E-state index is 5.00. The van der Waals surface area contributed by atoms with E-state index in [0.29, 0.717) is 18.4 Å². The molecule has 0 saturated heterocycles. The van der Waals surface area contributed by atoms with Gasteiger partial charge in [0.05, 0.1) is 7.11 Å². The highest BCUT2D eigenvalue weighted by molar-refractivity contribution is 5.27. The van der Waals surface area contributed by atoms with E-state index in [-0.39, 0.29) is 0 Å². The van der Waals surface area contributed by atoms with Crippen molar-refractivity contribution < 1.29 is 4.74 Å². The summed E-state index contributed by atoms with van der Waals surface area (Å²) in [4.78, 5) is 12.3. The zero-order valence-corrected chi connectivity index (χ0v) is 9.79. The first kappa shape index (κ1) is 11.3. The minimum absolute atomic E-state index is 0.540. The third-order valence-electron chi connectivity index (χ3n) is 2.12. The van der Waals surface area contributed by atoms with Crippen LogP contribution in [0.3, 0.4) is 0 Å². The number of aryl methyl sites for hydroxylation is 1. The standard InChI is InChI=1S/C10H14N6O/c1-16-7-13-8(15-16)3-5-11-10-12-6-4-9(14-10)17-2/h4,6-7H,3,5H2,1-2H3,(H,11,12,14). The van der Waals surface area contributed by atoms with Crippen LogP contribution in [0.25, 0.3) is 0 Å². The summed E-state index contributed by atoms with van der Waals surface area (Å²) in [7, 11) is 3.42. The third kappa shape index (κ3) is 3.13. The number of nitrogens with one attached hydrogen (secondary N) is 1. The number of aromatic nitrogens is 5. The predicted octanol–water partition coefficient (Wildman–Crippen LogP) is 0.268. The van der Waals surface area contributed by atoms with E-state index in [0.717, 1.165) is 12.2 Å². The Hall–Kier alpha value is -2.18. The smallest absolute Gasteiger partial charge is 0.225 e. The summed E-state index contributed by atoms with van der Waals surface area (Å²) in [5, 5.41) is 7.26. The molecule has 0 aliphatic heterocycles. The zero-order chi connectivity index (χ0) is 12.1. The molecule has 0 radical (unpaired) electrons. The number of rotatable bonds is 5. The molecule has 0 saturated carbocycles. The molecular weight excluding hydrogens is 220 g/mol. The van der Waals surface area contributed by atoms with Gasteiger partial charge < -0.3 is 10.1 Å². The van der Waals surface area contributed by atoms with Crippen LogP contribution >= 0.6 is 0 Å². The van der Waals surface area contributed by atoms with Gasteiger partial charge >= 0.3 is 0 Å². The average molecular weight is 234 g/mol. The van der Waals surface area contributed by atoms with Crippen LogP contribution in [-0.4, -0.2) is 38.4 Å². The van der Waals surface area contributed by atoms with E-state index in [4.69, 9.17) is 4.74 Å². The van der Waals surface area contributed by atoms with Crippen LogP contribution in [0.4, 0.5) is 5.95 Å². The molecule has 1 N–H and O–H groups in total. The minimum Gasteiger partial charge on any atom is -0.481 e. The Morgan fingerprint density at radius 1 is 1.41 bits per heavy atom. The molecule has 0 aliphatic rings. The number of ether oxygens (including phenoxy) is 1. The summed E-state index contributed by atoms with van der Waals surface area (Å²) >= 11 is 0. The van der Waals surface area contributed by atoms with Gasteiger partial charge in [-0.25, -0.2) is 9.97 Å². The molecule has 2 aromatic rings. The van der Waals surface area contributed by atoms with E-state index in [1.54, 1.807) is 30.4 Å². The van der Waals surface area contributed by atoms with Gasteiger partial charge in [-0.2, -0.15) is 10.1 Å². The van der Waals surface area contributed by atoms with Crippen molar-refractivity contribution in [1.82, 2.24) is 24.7 Å². The summed E-state index contributed by atoms with van der Waals surface area (Å²) in [5.74, 6) is 1.88. The first-order chi connectivity index (χ1) is 8.28. The molecular formula is C10H14N6O. The second-order valence-corrected chi connectivity index (χ2v) is 3.43. The van der Waals surface area contributed by atoms with E-state index in [9.17, 15) is 0 Å².